The van der Waals surface area contributed by atoms with E-state index in [1.807, 2.05) is 51.1 Å². The van der Waals surface area contributed by atoms with Gasteiger partial charge in [-0.2, -0.15) is 5.10 Å². The van der Waals surface area contributed by atoms with E-state index in [0.717, 1.165) is 17.8 Å². The Morgan fingerprint density at radius 2 is 1.80 bits per heavy atom. The minimum absolute atomic E-state index is 0.429. The monoisotopic (exact) mass is 343 g/mol. The largest absolute Gasteiger partial charge is 0.385 e. The molecule has 0 spiro atoms. The van der Waals surface area contributed by atoms with E-state index in [1.54, 1.807) is 4.68 Å². The van der Waals surface area contributed by atoms with Gasteiger partial charge in [-0.05, 0) is 39.3 Å². The van der Waals surface area contributed by atoms with Crippen LogP contribution in [0.4, 0.5) is 11.4 Å². The molecule has 1 aromatic carbocycles. The summed E-state index contributed by atoms with van der Waals surface area (Å²) in [6.07, 6.45) is 0.722. The lowest BCUT2D eigenvalue weighted by atomic mass is 10.3. The maximum Gasteiger partial charge on any atom is 0.313 e. The van der Waals surface area contributed by atoms with Crippen LogP contribution in [0, 0.1) is 13.8 Å². The molecule has 0 atom stereocenters. The van der Waals surface area contributed by atoms with Crippen molar-refractivity contribution in [3.05, 3.63) is 41.7 Å². The molecule has 2 rings (SSSR count). The van der Waals surface area contributed by atoms with Crippen LogP contribution in [0.15, 0.2) is 30.3 Å². The number of benzene rings is 1. The predicted molar refractivity (Wildman–Crippen MR) is 98.6 cm³/mol. The molecule has 0 radical (unpaired) electrons. The first kappa shape index (κ1) is 18.5. The van der Waals surface area contributed by atoms with Gasteiger partial charge < -0.3 is 16.0 Å². The van der Waals surface area contributed by atoms with Crippen LogP contribution in [-0.2, 0) is 16.1 Å². The highest BCUT2D eigenvalue weighted by atomic mass is 16.2. The van der Waals surface area contributed by atoms with Crippen molar-refractivity contribution < 1.29 is 9.59 Å². The van der Waals surface area contributed by atoms with Gasteiger partial charge in [0.25, 0.3) is 0 Å². The Kier molecular flexibility index (Phi) is 6.56. The van der Waals surface area contributed by atoms with Crippen LogP contribution in [0.3, 0.4) is 0 Å². The van der Waals surface area contributed by atoms with E-state index >= 15 is 0 Å². The van der Waals surface area contributed by atoms with Gasteiger partial charge in [0.05, 0.1) is 17.1 Å². The van der Waals surface area contributed by atoms with Crippen LogP contribution >= 0.6 is 0 Å². The molecule has 0 fully saturated rings. The third-order valence-corrected chi connectivity index (χ3v) is 3.87. The van der Waals surface area contributed by atoms with E-state index in [9.17, 15) is 9.59 Å². The minimum atomic E-state index is -0.669. The molecule has 0 saturated carbocycles. The first-order chi connectivity index (χ1) is 12.0. The number of hydrogen-bond acceptors (Lipinski definition) is 4. The highest BCUT2D eigenvalue weighted by molar-refractivity contribution is 6.39. The van der Waals surface area contributed by atoms with Gasteiger partial charge in [0, 0.05) is 25.3 Å². The topological polar surface area (TPSA) is 88.0 Å². The summed E-state index contributed by atoms with van der Waals surface area (Å²) in [6.45, 7) is 7.50. The van der Waals surface area contributed by atoms with Gasteiger partial charge in [0.2, 0.25) is 0 Å². The van der Waals surface area contributed by atoms with Crippen molar-refractivity contribution in [1.29, 1.82) is 0 Å². The number of carbonyl (C=O) groups excluding carboxylic acids is 2. The summed E-state index contributed by atoms with van der Waals surface area (Å²) in [4.78, 5) is 23.9. The molecule has 0 bridgehead atoms. The Labute approximate surface area is 147 Å². The summed E-state index contributed by atoms with van der Waals surface area (Å²) < 4.78 is 1.79. The summed E-state index contributed by atoms with van der Waals surface area (Å²) in [5.74, 6) is -1.30. The lowest BCUT2D eigenvalue weighted by molar-refractivity contribution is -0.136. The Bertz CT molecular complexity index is 725. The first-order valence-corrected chi connectivity index (χ1v) is 8.45. The van der Waals surface area contributed by atoms with Gasteiger partial charge in [-0.1, -0.05) is 18.2 Å². The number of hydrogen-bond donors (Lipinski definition) is 3. The number of anilines is 2. The van der Waals surface area contributed by atoms with Crippen LogP contribution in [0.5, 0.6) is 0 Å². The third-order valence-electron chi connectivity index (χ3n) is 3.87. The van der Waals surface area contributed by atoms with Crippen LogP contribution in [0.2, 0.25) is 0 Å². The molecule has 0 aliphatic rings. The van der Waals surface area contributed by atoms with Gasteiger partial charge in [-0.25, -0.2) is 0 Å². The van der Waals surface area contributed by atoms with Gasteiger partial charge in [-0.15, -0.1) is 0 Å². The van der Waals surface area contributed by atoms with Gasteiger partial charge in [0.1, 0.15) is 0 Å². The highest BCUT2D eigenvalue weighted by Crippen LogP contribution is 2.19. The SMILES string of the molecule is CCn1nc(C)c(NC(=O)C(=O)NCCCNc2ccccc2)c1C. The average molecular weight is 343 g/mol. The summed E-state index contributed by atoms with van der Waals surface area (Å²) >= 11 is 0. The number of para-hydroxylation sites is 1. The molecular weight excluding hydrogens is 318 g/mol. The zero-order chi connectivity index (χ0) is 18.2. The normalized spacial score (nSPS) is 10.4. The van der Waals surface area contributed by atoms with E-state index in [4.69, 9.17) is 0 Å². The Hall–Kier alpha value is -2.83. The molecule has 2 aromatic rings. The lowest BCUT2D eigenvalue weighted by Crippen LogP contribution is -2.36. The standard InChI is InChI=1S/C18H25N5O2/c1-4-23-14(3)16(13(2)22-23)21-18(25)17(24)20-12-8-11-19-15-9-6-5-7-10-15/h5-7,9-10,19H,4,8,11-12H2,1-3H3,(H,20,24)(H,21,25). The molecule has 0 saturated heterocycles. The molecule has 134 valence electrons. The number of amides is 2. The lowest BCUT2D eigenvalue weighted by Gasteiger charge is -2.08. The molecule has 0 unspecified atom stereocenters. The molecule has 7 heteroatoms. The molecule has 1 aromatic heterocycles. The van der Waals surface area contributed by atoms with Gasteiger partial charge >= 0.3 is 11.8 Å². The summed E-state index contributed by atoms with van der Waals surface area (Å²) in [5, 5.41) is 12.8. The van der Waals surface area contributed by atoms with E-state index in [2.05, 4.69) is 21.0 Å². The maximum atomic E-state index is 12.0. The van der Waals surface area contributed by atoms with Crippen molar-refractivity contribution >= 4 is 23.2 Å². The third kappa shape index (κ3) is 5.07. The van der Waals surface area contributed by atoms with Crippen LogP contribution in [0.25, 0.3) is 0 Å². The number of rotatable bonds is 7. The van der Waals surface area contributed by atoms with E-state index in [1.165, 1.54) is 0 Å². The van der Waals surface area contributed by atoms with Crippen molar-refractivity contribution in [3.8, 4) is 0 Å². The number of nitrogens with one attached hydrogen (secondary N) is 3. The second-order valence-electron chi connectivity index (χ2n) is 5.72. The Morgan fingerprint density at radius 3 is 2.44 bits per heavy atom. The van der Waals surface area contributed by atoms with Crippen molar-refractivity contribution in [2.75, 3.05) is 23.7 Å². The maximum absolute atomic E-state index is 12.0. The molecule has 0 aliphatic carbocycles. The molecule has 1 heterocycles. The van der Waals surface area contributed by atoms with Crippen molar-refractivity contribution in [2.24, 2.45) is 0 Å². The number of nitrogens with zero attached hydrogens (tertiary/aromatic N) is 2. The highest BCUT2D eigenvalue weighted by Gasteiger charge is 2.18. The molecule has 0 aliphatic heterocycles. The fourth-order valence-corrected chi connectivity index (χ4v) is 2.52. The van der Waals surface area contributed by atoms with Gasteiger partial charge in [-0.3, -0.25) is 14.3 Å². The number of carbonyl (C=O) groups is 2. The van der Waals surface area contributed by atoms with Crippen molar-refractivity contribution in [1.82, 2.24) is 15.1 Å². The predicted octanol–water partition coefficient (Wildman–Crippen LogP) is 2.08. The fourth-order valence-electron chi connectivity index (χ4n) is 2.52. The van der Waals surface area contributed by atoms with Crippen molar-refractivity contribution in [3.63, 3.8) is 0 Å². The van der Waals surface area contributed by atoms with E-state index in [-0.39, 0.29) is 0 Å². The second-order valence-corrected chi connectivity index (χ2v) is 5.72. The quantitative estimate of drug-likeness (QED) is 0.530. The minimum Gasteiger partial charge on any atom is -0.385 e. The molecular formula is C18H25N5O2. The fraction of sp³-hybridized carbons (Fsp3) is 0.389. The Balaban J connectivity index is 1.73. The zero-order valence-electron chi connectivity index (χ0n) is 14.9. The Morgan fingerprint density at radius 1 is 1.08 bits per heavy atom. The zero-order valence-corrected chi connectivity index (χ0v) is 14.9. The molecule has 25 heavy (non-hydrogen) atoms. The summed E-state index contributed by atoms with van der Waals surface area (Å²) in [6, 6.07) is 9.83. The van der Waals surface area contributed by atoms with Gasteiger partial charge in [0.15, 0.2) is 0 Å². The summed E-state index contributed by atoms with van der Waals surface area (Å²) in [7, 11) is 0. The van der Waals surface area contributed by atoms with E-state index < -0.39 is 11.8 Å². The first-order valence-electron chi connectivity index (χ1n) is 8.45. The van der Waals surface area contributed by atoms with Crippen LogP contribution in [0.1, 0.15) is 24.7 Å². The molecule has 3 N–H and O–H groups in total. The van der Waals surface area contributed by atoms with E-state index in [0.29, 0.717) is 31.0 Å². The second kappa shape index (κ2) is 8.86. The van der Waals surface area contributed by atoms with Crippen molar-refractivity contribution in [2.45, 2.75) is 33.7 Å². The summed E-state index contributed by atoms with van der Waals surface area (Å²) in [5.41, 5.74) is 3.18. The van der Waals surface area contributed by atoms with Crippen LogP contribution < -0.4 is 16.0 Å². The van der Waals surface area contributed by atoms with Crippen LogP contribution in [-0.4, -0.2) is 34.7 Å². The average Bonchev–Trinajstić information content (AvgIpc) is 2.89. The number of aryl methyl sites for hydroxylation is 2. The molecule has 2 amide bonds. The number of aromatic nitrogens is 2. The smallest absolute Gasteiger partial charge is 0.313 e. The molecule has 7 nitrogen and oxygen atoms in total.